The molecule has 1 aromatic rings. The lowest BCUT2D eigenvalue weighted by Crippen LogP contribution is -2.38. The minimum atomic E-state index is 0. The molecule has 1 fully saturated rings. The number of halogens is 2. The summed E-state index contributed by atoms with van der Waals surface area (Å²) < 4.78 is 1.14. The van der Waals surface area contributed by atoms with E-state index in [0.29, 0.717) is 18.5 Å². The fourth-order valence-electron chi connectivity index (χ4n) is 1.93. The van der Waals surface area contributed by atoms with Crippen LogP contribution in [0.15, 0.2) is 20.2 Å². The highest BCUT2D eigenvalue weighted by molar-refractivity contribution is 14.0. The number of hydrogen-bond donors (Lipinski definition) is 2. The molecule has 3 N–H and O–H groups in total. The van der Waals surface area contributed by atoms with E-state index in [9.17, 15) is 0 Å². The Morgan fingerprint density at radius 3 is 2.82 bits per heavy atom. The molecule has 0 aromatic carbocycles. The number of nitrogens with two attached hydrogens (primary N) is 1. The Morgan fingerprint density at radius 1 is 1.53 bits per heavy atom. The molecular formula is C11H17BrIN3S. The molecule has 1 heterocycles. The van der Waals surface area contributed by atoms with Crippen molar-refractivity contribution in [2.75, 3.05) is 0 Å². The quantitative estimate of drug-likeness (QED) is 0.439. The largest absolute Gasteiger partial charge is 0.370 e. The van der Waals surface area contributed by atoms with Crippen LogP contribution < -0.4 is 11.1 Å². The summed E-state index contributed by atoms with van der Waals surface area (Å²) in [6.45, 7) is 0.648. The molecular weight excluding hydrogens is 413 g/mol. The summed E-state index contributed by atoms with van der Waals surface area (Å²) in [5.41, 5.74) is 7.04. The summed E-state index contributed by atoms with van der Waals surface area (Å²) in [5.74, 6) is 0.574. The average molecular weight is 430 g/mol. The maximum Gasteiger partial charge on any atom is 0.189 e. The SMILES string of the molecule is I.NC(=NCc1ccsc1Br)NC1CCCC1. The van der Waals surface area contributed by atoms with Gasteiger partial charge in [-0.3, -0.25) is 0 Å². The highest BCUT2D eigenvalue weighted by Crippen LogP contribution is 2.23. The number of hydrogen-bond acceptors (Lipinski definition) is 2. The molecule has 0 radical (unpaired) electrons. The molecule has 1 aliphatic carbocycles. The highest BCUT2D eigenvalue weighted by atomic mass is 127. The summed E-state index contributed by atoms with van der Waals surface area (Å²) in [6, 6.07) is 2.61. The molecule has 3 nitrogen and oxygen atoms in total. The van der Waals surface area contributed by atoms with Crippen LogP contribution in [0.1, 0.15) is 31.2 Å². The van der Waals surface area contributed by atoms with E-state index in [0.717, 1.165) is 3.79 Å². The van der Waals surface area contributed by atoms with Gasteiger partial charge in [0.05, 0.1) is 10.3 Å². The van der Waals surface area contributed by atoms with Gasteiger partial charge in [0.1, 0.15) is 0 Å². The summed E-state index contributed by atoms with van der Waals surface area (Å²) in [4.78, 5) is 4.35. The molecule has 0 atom stereocenters. The van der Waals surface area contributed by atoms with Crippen molar-refractivity contribution in [2.24, 2.45) is 10.7 Å². The van der Waals surface area contributed by atoms with Gasteiger partial charge in [-0.05, 0) is 45.8 Å². The predicted molar refractivity (Wildman–Crippen MR) is 88.2 cm³/mol. The lowest BCUT2D eigenvalue weighted by molar-refractivity contribution is 0.625. The van der Waals surface area contributed by atoms with Gasteiger partial charge in [0.2, 0.25) is 0 Å². The lowest BCUT2D eigenvalue weighted by Gasteiger charge is -2.11. The van der Waals surface area contributed by atoms with E-state index < -0.39 is 0 Å². The van der Waals surface area contributed by atoms with E-state index in [-0.39, 0.29) is 24.0 Å². The molecule has 96 valence electrons. The van der Waals surface area contributed by atoms with Gasteiger partial charge in [0.15, 0.2) is 5.96 Å². The summed E-state index contributed by atoms with van der Waals surface area (Å²) >= 11 is 5.17. The molecule has 0 bridgehead atoms. The third kappa shape index (κ3) is 4.75. The lowest BCUT2D eigenvalue weighted by atomic mass is 10.2. The zero-order valence-electron chi connectivity index (χ0n) is 9.49. The first-order valence-electron chi connectivity index (χ1n) is 5.54. The first-order valence-corrected chi connectivity index (χ1v) is 7.21. The van der Waals surface area contributed by atoms with Crippen LogP contribution in [0, 0.1) is 0 Å². The first kappa shape index (κ1) is 15.2. The fourth-order valence-corrected chi connectivity index (χ4v) is 3.14. The van der Waals surface area contributed by atoms with Gasteiger partial charge in [0.25, 0.3) is 0 Å². The van der Waals surface area contributed by atoms with Crippen molar-refractivity contribution in [1.29, 1.82) is 0 Å². The van der Waals surface area contributed by atoms with Gasteiger partial charge >= 0.3 is 0 Å². The van der Waals surface area contributed by atoms with Crippen molar-refractivity contribution in [3.63, 3.8) is 0 Å². The Labute approximate surface area is 131 Å². The molecule has 2 rings (SSSR count). The molecule has 17 heavy (non-hydrogen) atoms. The summed E-state index contributed by atoms with van der Waals surface area (Å²) in [5, 5.41) is 5.33. The fraction of sp³-hybridized carbons (Fsp3) is 0.545. The number of thiophene rings is 1. The second-order valence-corrected chi connectivity index (χ2v) is 6.28. The second-order valence-electron chi connectivity index (χ2n) is 4.05. The van der Waals surface area contributed by atoms with E-state index in [1.165, 1.54) is 31.2 Å². The zero-order valence-corrected chi connectivity index (χ0v) is 14.2. The average Bonchev–Trinajstić information content (AvgIpc) is 2.87. The molecule has 0 amide bonds. The maximum absolute atomic E-state index is 5.85. The third-order valence-electron chi connectivity index (χ3n) is 2.82. The van der Waals surface area contributed by atoms with Gasteiger partial charge in [-0.1, -0.05) is 12.8 Å². The van der Waals surface area contributed by atoms with Crippen molar-refractivity contribution in [2.45, 2.75) is 38.3 Å². The standard InChI is InChI=1S/C11H16BrN3S.HI/c12-10-8(5-6-16-10)7-14-11(13)15-9-3-1-2-4-9;/h5-6,9H,1-4,7H2,(H3,13,14,15);1H. The topological polar surface area (TPSA) is 50.4 Å². The first-order chi connectivity index (χ1) is 7.75. The number of aliphatic imine (C=N–C) groups is 1. The molecule has 0 unspecified atom stereocenters. The van der Waals surface area contributed by atoms with Crippen molar-refractivity contribution in [3.05, 3.63) is 20.8 Å². The smallest absolute Gasteiger partial charge is 0.189 e. The molecule has 0 spiro atoms. The predicted octanol–water partition coefficient (Wildman–Crippen LogP) is 3.48. The molecule has 1 saturated carbocycles. The summed E-state index contributed by atoms with van der Waals surface area (Å²) in [6.07, 6.45) is 5.05. The van der Waals surface area contributed by atoms with Gasteiger partial charge in [0, 0.05) is 6.04 Å². The monoisotopic (exact) mass is 429 g/mol. The Kier molecular flexibility index (Phi) is 6.79. The Morgan fingerprint density at radius 2 is 2.24 bits per heavy atom. The van der Waals surface area contributed by atoms with Crippen LogP contribution in [0.3, 0.4) is 0 Å². The van der Waals surface area contributed by atoms with Gasteiger partial charge in [-0.25, -0.2) is 4.99 Å². The van der Waals surface area contributed by atoms with Crippen molar-refractivity contribution in [1.82, 2.24) is 5.32 Å². The zero-order chi connectivity index (χ0) is 11.4. The van der Waals surface area contributed by atoms with Crippen LogP contribution in [0.2, 0.25) is 0 Å². The number of rotatable bonds is 3. The van der Waals surface area contributed by atoms with Crippen LogP contribution in [0.4, 0.5) is 0 Å². The number of guanidine groups is 1. The van der Waals surface area contributed by atoms with Gasteiger partial charge in [-0.15, -0.1) is 35.3 Å². The van der Waals surface area contributed by atoms with Crippen molar-refractivity contribution >= 4 is 57.2 Å². The minimum absolute atomic E-state index is 0. The van der Waals surface area contributed by atoms with Crippen molar-refractivity contribution < 1.29 is 0 Å². The van der Waals surface area contributed by atoms with Gasteiger partial charge in [-0.2, -0.15) is 0 Å². The van der Waals surface area contributed by atoms with E-state index in [2.05, 4.69) is 37.7 Å². The molecule has 0 aliphatic heterocycles. The molecule has 1 aliphatic rings. The molecule has 1 aromatic heterocycles. The van der Waals surface area contributed by atoms with Crippen LogP contribution >= 0.6 is 51.2 Å². The van der Waals surface area contributed by atoms with E-state index in [1.54, 1.807) is 11.3 Å². The minimum Gasteiger partial charge on any atom is -0.370 e. The van der Waals surface area contributed by atoms with E-state index in [4.69, 9.17) is 5.73 Å². The van der Waals surface area contributed by atoms with Gasteiger partial charge < -0.3 is 11.1 Å². The molecule has 0 saturated heterocycles. The van der Waals surface area contributed by atoms with Crippen LogP contribution in [0.25, 0.3) is 0 Å². The van der Waals surface area contributed by atoms with E-state index in [1.807, 2.05) is 0 Å². The highest BCUT2D eigenvalue weighted by Gasteiger charge is 2.14. The summed E-state index contributed by atoms with van der Waals surface area (Å²) in [7, 11) is 0. The Bertz CT molecular complexity index is 375. The third-order valence-corrected chi connectivity index (χ3v) is 4.63. The molecule has 6 heteroatoms. The normalized spacial score (nSPS) is 16.9. The number of nitrogens with one attached hydrogen (secondary N) is 1. The Hall–Kier alpha value is 0.180. The van der Waals surface area contributed by atoms with Crippen LogP contribution in [0.5, 0.6) is 0 Å². The number of nitrogens with zero attached hydrogens (tertiary/aromatic N) is 1. The van der Waals surface area contributed by atoms with Crippen LogP contribution in [-0.2, 0) is 6.54 Å². The van der Waals surface area contributed by atoms with E-state index >= 15 is 0 Å². The maximum atomic E-state index is 5.85. The van der Waals surface area contributed by atoms with Crippen LogP contribution in [-0.4, -0.2) is 12.0 Å². The van der Waals surface area contributed by atoms with Crippen molar-refractivity contribution in [3.8, 4) is 0 Å². The second kappa shape index (κ2) is 7.58. The Balaban J connectivity index is 0.00000144.